The number of benzene rings is 1. The summed E-state index contributed by atoms with van der Waals surface area (Å²) in [5.41, 5.74) is 2.16. The van der Waals surface area contributed by atoms with Crippen LogP contribution in [0.5, 0.6) is 0 Å². The van der Waals surface area contributed by atoms with Crippen LogP contribution in [0.25, 0.3) is 11.1 Å². The van der Waals surface area contributed by atoms with Crippen molar-refractivity contribution in [1.29, 1.82) is 0 Å². The number of aromatic nitrogens is 1. The molecule has 0 aliphatic carbocycles. The van der Waals surface area contributed by atoms with Crippen LogP contribution in [-0.2, 0) is 5.88 Å². The molecular formula is C12H9ClFN. The van der Waals surface area contributed by atoms with Gasteiger partial charge in [-0.15, -0.1) is 11.6 Å². The second-order valence-corrected chi connectivity index (χ2v) is 3.41. The number of hydrogen-bond donors (Lipinski definition) is 0. The van der Waals surface area contributed by atoms with Crippen LogP contribution in [0.1, 0.15) is 5.56 Å². The molecule has 1 aromatic heterocycles. The molecule has 2 rings (SSSR count). The topological polar surface area (TPSA) is 12.9 Å². The van der Waals surface area contributed by atoms with E-state index in [2.05, 4.69) is 4.98 Å². The highest BCUT2D eigenvalue weighted by Crippen LogP contribution is 2.27. The molecule has 0 aliphatic heterocycles. The third-order valence-corrected chi connectivity index (χ3v) is 2.50. The quantitative estimate of drug-likeness (QED) is 0.706. The van der Waals surface area contributed by atoms with E-state index in [0.29, 0.717) is 11.4 Å². The Morgan fingerprint density at radius 1 is 1.13 bits per heavy atom. The zero-order valence-corrected chi connectivity index (χ0v) is 8.71. The standard InChI is InChI=1S/C12H9ClFN/c13-8-10-2-1-3-11(14)12(10)9-4-6-15-7-5-9/h1-7H,8H2. The van der Waals surface area contributed by atoms with E-state index in [1.807, 2.05) is 6.07 Å². The van der Waals surface area contributed by atoms with Crippen molar-refractivity contribution in [2.24, 2.45) is 0 Å². The molecule has 76 valence electrons. The number of alkyl halides is 1. The van der Waals surface area contributed by atoms with Crippen molar-refractivity contribution in [3.8, 4) is 11.1 Å². The lowest BCUT2D eigenvalue weighted by Crippen LogP contribution is -1.91. The fourth-order valence-electron chi connectivity index (χ4n) is 1.52. The number of rotatable bonds is 2. The highest BCUT2D eigenvalue weighted by Gasteiger charge is 2.09. The van der Waals surface area contributed by atoms with Crippen LogP contribution in [0.4, 0.5) is 4.39 Å². The van der Waals surface area contributed by atoms with E-state index < -0.39 is 0 Å². The van der Waals surface area contributed by atoms with Crippen LogP contribution >= 0.6 is 11.6 Å². The van der Waals surface area contributed by atoms with Crippen LogP contribution in [0.15, 0.2) is 42.7 Å². The van der Waals surface area contributed by atoms with Gasteiger partial charge in [0.15, 0.2) is 0 Å². The average molecular weight is 222 g/mol. The van der Waals surface area contributed by atoms with Gasteiger partial charge in [0.05, 0.1) is 0 Å². The Balaban J connectivity index is 2.61. The fraction of sp³-hybridized carbons (Fsp3) is 0.0833. The molecule has 0 spiro atoms. The first kappa shape index (κ1) is 10.1. The zero-order chi connectivity index (χ0) is 10.7. The summed E-state index contributed by atoms with van der Waals surface area (Å²) in [5, 5.41) is 0. The Labute approximate surface area is 92.5 Å². The molecule has 0 unspecified atom stereocenters. The molecule has 3 heteroatoms. The summed E-state index contributed by atoms with van der Waals surface area (Å²) in [6.45, 7) is 0. The van der Waals surface area contributed by atoms with Gasteiger partial charge in [0.2, 0.25) is 0 Å². The predicted octanol–water partition coefficient (Wildman–Crippen LogP) is 3.63. The van der Waals surface area contributed by atoms with Crippen molar-refractivity contribution in [2.75, 3.05) is 0 Å². The summed E-state index contributed by atoms with van der Waals surface area (Å²) < 4.78 is 13.6. The van der Waals surface area contributed by atoms with Crippen molar-refractivity contribution >= 4 is 11.6 Å². The second kappa shape index (κ2) is 4.41. The van der Waals surface area contributed by atoms with Crippen molar-refractivity contribution in [2.45, 2.75) is 5.88 Å². The second-order valence-electron chi connectivity index (χ2n) is 3.14. The SMILES string of the molecule is Fc1cccc(CCl)c1-c1ccncc1. The number of nitrogens with zero attached hydrogens (tertiary/aromatic N) is 1. The molecule has 0 bridgehead atoms. The molecule has 2 aromatic rings. The number of hydrogen-bond acceptors (Lipinski definition) is 1. The maximum absolute atomic E-state index is 13.6. The molecule has 0 aliphatic rings. The molecule has 15 heavy (non-hydrogen) atoms. The van der Waals surface area contributed by atoms with Crippen molar-refractivity contribution in [1.82, 2.24) is 4.98 Å². The van der Waals surface area contributed by atoms with E-state index in [9.17, 15) is 4.39 Å². The Bertz CT molecular complexity index is 456. The van der Waals surface area contributed by atoms with Crippen LogP contribution in [0.3, 0.4) is 0 Å². The molecule has 0 fully saturated rings. The van der Waals surface area contributed by atoms with Gasteiger partial charge in [-0.2, -0.15) is 0 Å². The predicted molar refractivity (Wildman–Crippen MR) is 59.2 cm³/mol. The monoisotopic (exact) mass is 221 g/mol. The van der Waals surface area contributed by atoms with E-state index in [4.69, 9.17) is 11.6 Å². The Kier molecular flexibility index (Phi) is 2.97. The molecule has 0 saturated heterocycles. The molecule has 1 heterocycles. The maximum atomic E-state index is 13.6. The van der Waals surface area contributed by atoms with Gasteiger partial charge < -0.3 is 0 Å². The minimum absolute atomic E-state index is 0.251. The average Bonchev–Trinajstić information content (AvgIpc) is 2.29. The van der Waals surface area contributed by atoms with Gasteiger partial charge in [0, 0.05) is 23.8 Å². The highest BCUT2D eigenvalue weighted by atomic mass is 35.5. The van der Waals surface area contributed by atoms with E-state index >= 15 is 0 Å². The number of pyridine rings is 1. The molecular weight excluding hydrogens is 213 g/mol. The van der Waals surface area contributed by atoms with Crippen LogP contribution in [0.2, 0.25) is 0 Å². The third-order valence-electron chi connectivity index (χ3n) is 2.21. The van der Waals surface area contributed by atoms with Gasteiger partial charge >= 0.3 is 0 Å². The van der Waals surface area contributed by atoms with Gasteiger partial charge in [0.1, 0.15) is 5.82 Å². The normalized spacial score (nSPS) is 10.3. The number of halogens is 2. The summed E-state index contributed by atoms with van der Waals surface area (Å²) in [6, 6.07) is 8.47. The summed E-state index contributed by atoms with van der Waals surface area (Å²) >= 11 is 5.77. The summed E-state index contributed by atoms with van der Waals surface area (Å²) in [7, 11) is 0. The molecule has 0 amide bonds. The van der Waals surface area contributed by atoms with Gasteiger partial charge in [-0.3, -0.25) is 4.98 Å². The minimum atomic E-state index is -0.251. The maximum Gasteiger partial charge on any atom is 0.131 e. The van der Waals surface area contributed by atoms with Crippen molar-refractivity contribution in [3.63, 3.8) is 0 Å². The first-order valence-corrected chi connectivity index (χ1v) is 5.10. The van der Waals surface area contributed by atoms with Gasteiger partial charge in [-0.1, -0.05) is 12.1 Å². The third kappa shape index (κ3) is 2.00. The van der Waals surface area contributed by atoms with Gasteiger partial charge in [-0.25, -0.2) is 4.39 Å². The molecule has 0 saturated carbocycles. The Morgan fingerprint density at radius 2 is 1.87 bits per heavy atom. The Morgan fingerprint density at radius 3 is 2.53 bits per heavy atom. The lowest BCUT2D eigenvalue weighted by atomic mass is 10.0. The summed E-state index contributed by atoms with van der Waals surface area (Å²) in [6.07, 6.45) is 3.28. The van der Waals surface area contributed by atoms with Crippen molar-refractivity contribution in [3.05, 3.63) is 54.1 Å². The first-order valence-electron chi connectivity index (χ1n) is 4.56. The zero-order valence-electron chi connectivity index (χ0n) is 7.95. The largest absolute Gasteiger partial charge is 0.265 e. The van der Waals surface area contributed by atoms with Gasteiger partial charge in [-0.05, 0) is 29.3 Å². The minimum Gasteiger partial charge on any atom is -0.265 e. The first-order chi connectivity index (χ1) is 7.33. The summed E-state index contributed by atoms with van der Waals surface area (Å²) in [4.78, 5) is 3.90. The smallest absolute Gasteiger partial charge is 0.131 e. The van der Waals surface area contributed by atoms with Crippen LogP contribution < -0.4 is 0 Å². The summed E-state index contributed by atoms with van der Waals surface area (Å²) in [5.74, 6) is 0.0504. The lowest BCUT2D eigenvalue weighted by molar-refractivity contribution is 0.630. The molecule has 1 aromatic carbocycles. The molecule has 0 radical (unpaired) electrons. The van der Waals surface area contributed by atoms with Crippen molar-refractivity contribution < 1.29 is 4.39 Å². The van der Waals surface area contributed by atoms with E-state index in [1.54, 1.807) is 30.6 Å². The van der Waals surface area contributed by atoms with Gasteiger partial charge in [0.25, 0.3) is 0 Å². The Hall–Kier alpha value is -1.41. The fourth-order valence-corrected chi connectivity index (χ4v) is 1.74. The van der Waals surface area contributed by atoms with Crippen LogP contribution in [0, 0.1) is 5.82 Å². The highest BCUT2D eigenvalue weighted by molar-refractivity contribution is 6.17. The van der Waals surface area contributed by atoms with E-state index in [1.165, 1.54) is 6.07 Å². The molecule has 0 atom stereocenters. The van der Waals surface area contributed by atoms with E-state index in [0.717, 1.165) is 11.1 Å². The molecule has 0 N–H and O–H groups in total. The molecule has 1 nitrogen and oxygen atoms in total. The lowest BCUT2D eigenvalue weighted by Gasteiger charge is -2.07. The van der Waals surface area contributed by atoms with Crippen LogP contribution in [-0.4, -0.2) is 4.98 Å². The van der Waals surface area contributed by atoms with E-state index in [-0.39, 0.29) is 5.82 Å².